The molecule has 0 fully saturated rings. The SMILES string of the molecule is CCOC(CSc1cc(N)ccc1C)OCC. The van der Waals surface area contributed by atoms with Crippen molar-refractivity contribution >= 4 is 17.4 Å². The largest absolute Gasteiger partial charge is 0.399 e. The fourth-order valence-electron chi connectivity index (χ4n) is 1.45. The van der Waals surface area contributed by atoms with E-state index in [1.165, 1.54) is 10.5 Å². The van der Waals surface area contributed by atoms with Gasteiger partial charge in [0, 0.05) is 29.5 Å². The Hall–Kier alpha value is -0.710. The van der Waals surface area contributed by atoms with Gasteiger partial charge in [0.2, 0.25) is 0 Å². The standard InChI is InChI=1S/C13H21NO2S/c1-4-15-13(16-5-2)9-17-12-8-11(14)7-6-10(12)3/h6-8,13H,4-5,9,14H2,1-3H3. The van der Waals surface area contributed by atoms with Gasteiger partial charge in [-0.1, -0.05) is 6.07 Å². The first-order valence-corrected chi connectivity index (χ1v) is 6.88. The molecular formula is C13H21NO2S. The Morgan fingerprint density at radius 1 is 1.24 bits per heavy atom. The van der Waals surface area contributed by atoms with Crippen LogP contribution in [0.4, 0.5) is 5.69 Å². The maximum Gasteiger partial charge on any atom is 0.166 e. The van der Waals surface area contributed by atoms with Crippen LogP contribution in [0, 0.1) is 6.92 Å². The molecule has 0 saturated heterocycles. The summed E-state index contributed by atoms with van der Waals surface area (Å²) < 4.78 is 11.0. The van der Waals surface area contributed by atoms with E-state index in [1.807, 2.05) is 32.0 Å². The molecule has 0 radical (unpaired) electrons. The van der Waals surface area contributed by atoms with Crippen LogP contribution in [0.1, 0.15) is 19.4 Å². The summed E-state index contributed by atoms with van der Waals surface area (Å²) in [5.41, 5.74) is 7.80. The van der Waals surface area contributed by atoms with Crippen molar-refractivity contribution in [2.24, 2.45) is 0 Å². The number of hydrogen-bond acceptors (Lipinski definition) is 4. The molecule has 1 rings (SSSR count). The van der Waals surface area contributed by atoms with Crippen molar-refractivity contribution in [3.05, 3.63) is 23.8 Å². The minimum atomic E-state index is -0.143. The normalized spacial score (nSPS) is 11.1. The number of ether oxygens (including phenoxy) is 2. The van der Waals surface area contributed by atoms with E-state index >= 15 is 0 Å². The van der Waals surface area contributed by atoms with Crippen molar-refractivity contribution < 1.29 is 9.47 Å². The number of aryl methyl sites for hydroxylation is 1. The van der Waals surface area contributed by atoms with Gasteiger partial charge in [-0.25, -0.2) is 0 Å². The molecule has 0 aliphatic heterocycles. The van der Waals surface area contributed by atoms with Gasteiger partial charge in [0.25, 0.3) is 0 Å². The summed E-state index contributed by atoms with van der Waals surface area (Å²) >= 11 is 1.72. The average Bonchev–Trinajstić information content (AvgIpc) is 2.30. The van der Waals surface area contributed by atoms with Crippen molar-refractivity contribution in [3.8, 4) is 0 Å². The van der Waals surface area contributed by atoms with Gasteiger partial charge in [-0.2, -0.15) is 0 Å². The Kier molecular flexibility index (Phi) is 6.40. The third-order valence-corrected chi connectivity index (χ3v) is 3.48. The zero-order valence-corrected chi connectivity index (χ0v) is 11.5. The third kappa shape index (κ3) is 4.98. The first-order valence-electron chi connectivity index (χ1n) is 5.89. The molecule has 17 heavy (non-hydrogen) atoms. The Labute approximate surface area is 108 Å². The van der Waals surface area contributed by atoms with Gasteiger partial charge in [-0.15, -0.1) is 11.8 Å². The number of rotatable bonds is 7. The number of nitrogens with two attached hydrogens (primary N) is 1. The summed E-state index contributed by atoms with van der Waals surface area (Å²) in [7, 11) is 0. The van der Waals surface area contributed by atoms with Crippen LogP contribution < -0.4 is 5.73 Å². The Morgan fingerprint density at radius 2 is 1.88 bits per heavy atom. The van der Waals surface area contributed by atoms with E-state index in [-0.39, 0.29) is 6.29 Å². The van der Waals surface area contributed by atoms with Crippen molar-refractivity contribution in [2.75, 3.05) is 24.7 Å². The summed E-state index contributed by atoms with van der Waals surface area (Å²) in [6.45, 7) is 7.37. The molecule has 0 bridgehead atoms. The lowest BCUT2D eigenvalue weighted by atomic mass is 10.2. The molecule has 0 aliphatic carbocycles. The van der Waals surface area contributed by atoms with Crippen molar-refractivity contribution in [3.63, 3.8) is 0 Å². The fraction of sp³-hybridized carbons (Fsp3) is 0.538. The van der Waals surface area contributed by atoms with Crippen LogP contribution in [-0.4, -0.2) is 25.3 Å². The van der Waals surface area contributed by atoms with Gasteiger partial charge >= 0.3 is 0 Å². The monoisotopic (exact) mass is 255 g/mol. The highest BCUT2D eigenvalue weighted by molar-refractivity contribution is 7.99. The van der Waals surface area contributed by atoms with E-state index in [0.717, 1.165) is 11.4 Å². The molecule has 0 aliphatic rings. The Balaban J connectivity index is 2.55. The van der Waals surface area contributed by atoms with Gasteiger partial charge in [0.05, 0.1) is 0 Å². The van der Waals surface area contributed by atoms with Crippen LogP contribution in [0.25, 0.3) is 0 Å². The van der Waals surface area contributed by atoms with Gasteiger partial charge in [0.15, 0.2) is 6.29 Å². The average molecular weight is 255 g/mol. The Morgan fingerprint density at radius 3 is 2.47 bits per heavy atom. The molecule has 0 aromatic heterocycles. The lowest BCUT2D eigenvalue weighted by Crippen LogP contribution is -2.20. The zero-order chi connectivity index (χ0) is 12.7. The number of nitrogen functional groups attached to an aromatic ring is 1. The molecule has 96 valence electrons. The van der Waals surface area contributed by atoms with Gasteiger partial charge < -0.3 is 15.2 Å². The highest BCUT2D eigenvalue weighted by atomic mass is 32.2. The zero-order valence-electron chi connectivity index (χ0n) is 10.7. The summed E-state index contributed by atoms with van der Waals surface area (Å²) in [6.07, 6.45) is -0.143. The highest BCUT2D eigenvalue weighted by Gasteiger charge is 2.09. The van der Waals surface area contributed by atoms with E-state index in [1.54, 1.807) is 11.8 Å². The second-order valence-electron chi connectivity index (χ2n) is 3.68. The van der Waals surface area contributed by atoms with Crippen molar-refractivity contribution in [1.29, 1.82) is 0 Å². The summed E-state index contributed by atoms with van der Waals surface area (Å²) in [5, 5.41) is 0. The summed E-state index contributed by atoms with van der Waals surface area (Å²) in [4.78, 5) is 1.19. The van der Waals surface area contributed by atoms with Gasteiger partial charge in [-0.3, -0.25) is 0 Å². The molecular weight excluding hydrogens is 234 g/mol. The molecule has 1 aromatic carbocycles. The number of anilines is 1. The van der Waals surface area contributed by atoms with E-state index in [9.17, 15) is 0 Å². The fourth-order valence-corrected chi connectivity index (χ4v) is 2.47. The Bertz CT molecular complexity index is 338. The molecule has 0 atom stereocenters. The van der Waals surface area contributed by atoms with E-state index in [0.29, 0.717) is 13.2 Å². The van der Waals surface area contributed by atoms with Gasteiger partial charge in [-0.05, 0) is 38.5 Å². The van der Waals surface area contributed by atoms with Crippen LogP contribution in [0.2, 0.25) is 0 Å². The molecule has 3 nitrogen and oxygen atoms in total. The van der Waals surface area contributed by atoms with Crippen molar-refractivity contribution in [1.82, 2.24) is 0 Å². The lowest BCUT2D eigenvalue weighted by molar-refractivity contribution is -0.120. The first kappa shape index (κ1) is 14.4. The van der Waals surface area contributed by atoms with Gasteiger partial charge in [0.1, 0.15) is 0 Å². The second-order valence-corrected chi connectivity index (χ2v) is 4.74. The minimum Gasteiger partial charge on any atom is -0.399 e. The van der Waals surface area contributed by atoms with E-state index < -0.39 is 0 Å². The molecule has 0 saturated carbocycles. The van der Waals surface area contributed by atoms with Crippen LogP contribution in [-0.2, 0) is 9.47 Å². The lowest BCUT2D eigenvalue weighted by Gasteiger charge is -2.17. The smallest absolute Gasteiger partial charge is 0.166 e. The predicted molar refractivity (Wildman–Crippen MR) is 73.4 cm³/mol. The van der Waals surface area contributed by atoms with Crippen LogP contribution in [0.5, 0.6) is 0 Å². The maximum atomic E-state index is 5.78. The quantitative estimate of drug-likeness (QED) is 0.462. The second kappa shape index (κ2) is 7.58. The maximum absolute atomic E-state index is 5.78. The minimum absolute atomic E-state index is 0.143. The van der Waals surface area contributed by atoms with Crippen LogP contribution in [0.15, 0.2) is 23.1 Å². The molecule has 0 spiro atoms. The summed E-state index contributed by atoms with van der Waals surface area (Å²) in [5.74, 6) is 0.784. The number of thioether (sulfide) groups is 1. The van der Waals surface area contributed by atoms with E-state index in [2.05, 4.69) is 6.92 Å². The predicted octanol–water partition coefficient (Wildman–Crippen LogP) is 3.07. The number of hydrogen-bond donors (Lipinski definition) is 1. The molecule has 2 N–H and O–H groups in total. The molecule has 1 aromatic rings. The highest BCUT2D eigenvalue weighted by Crippen LogP contribution is 2.25. The molecule has 0 amide bonds. The first-order chi connectivity index (χ1) is 8.17. The number of benzene rings is 1. The van der Waals surface area contributed by atoms with Crippen LogP contribution >= 0.6 is 11.8 Å². The third-order valence-electron chi connectivity index (χ3n) is 2.29. The topological polar surface area (TPSA) is 44.5 Å². The molecule has 4 heteroatoms. The van der Waals surface area contributed by atoms with E-state index in [4.69, 9.17) is 15.2 Å². The molecule has 0 heterocycles. The molecule has 0 unspecified atom stereocenters. The summed E-state index contributed by atoms with van der Waals surface area (Å²) in [6, 6.07) is 5.95. The van der Waals surface area contributed by atoms with Crippen molar-refractivity contribution in [2.45, 2.75) is 32.0 Å². The van der Waals surface area contributed by atoms with Crippen LogP contribution in [0.3, 0.4) is 0 Å².